The van der Waals surface area contributed by atoms with E-state index in [1.165, 1.54) is 20.0 Å². The minimum absolute atomic E-state index is 0.0140. The van der Waals surface area contributed by atoms with E-state index in [2.05, 4.69) is 93.4 Å². The molecular weight excluding hydrogens is 545 g/mol. The van der Waals surface area contributed by atoms with E-state index in [4.69, 9.17) is 13.6 Å². The third-order valence-corrected chi connectivity index (χ3v) is 18.8. The highest BCUT2D eigenvalue weighted by Gasteiger charge is 2.47. The fraction of sp³-hybridized carbons (Fsp3) is 0.824. The Bertz CT molecular complexity index is 879. The first-order valence-electron chi connectivity index (χ1n) is 16.1. The summed E-state index contributed by atoms with van der Waals surface area (Å²) in [6.07, 6.45) is 13.0. The summed E-state index contributed by atoms with van der Waals surface area (Å²) in [7, 11) is -2.61. The van der Waals surface area contributed by atoms with Crippen molar-refractivity contribution in [2.75, 3.05) is 7.11 Å². The number of ether oxygens (including phenoxy) is 1. The summed E-state index contributed by atoms with van der Waals surface area (Å²) in [5.74, 6) is -0.00356. The van der Waals surface area contributed by atoms with Gasteiger partial charge in [0.15, 0.2) is 16.6 Å². The number of methoxy groups -OCH3 is 1. The zero-order chi connectivity index (χ0) is 31.6. The molecule has 41 heavy (non-hydrogen) atoms. The molecule has 0 saturated heterocycles. The SMILES string of the molecule is C=C(CCCCC(=O)OC)C[C@H]1C(=O)C[C@@H](O[Si](C)(C)C(C)(C)C)C1/C=C/[C@H](CCCCC)O[Si](C)(C)C(C)(C)C. The van der Waals surface area contributed by atoms with Crippen molar-refractivity contribution in [2.45, 2.75) is 161 Å². The number of esters is 1. The summed E-state index contributed by atoms with van der Waals surface area (Å²) in [4.78, 5) is 25.0. The maximum absolute atomic E-state index is 13.5. The first kappa shape index (κ1) is 38.0. The van der Waals surface area contributed by atoms with Gasteiger partial charge in [0.25, 0.3) is 0 Å². The fourth-order valence-electron chi connectivity index (χ4n) is 4.90. The standard InChI is InChI=1S/C34H64O5Si2/c1-14-15-16-20-27(38-40(10,11)33(3,4)5)22-23-28-29(24-26(2)19-17-18-21-32(36)37-9)30(35)25-31(28)39-41(12,13)34(6,7)8/h22-23,27-29,31H,2,14-21,24-25H2,1,3-13H3/b23-22+/t27-,28?,29+,31+/m0/s1. The normalized spacial score (nSPS) is 21.5. The zero-order valence-corrected chi connectivity index (χ0v) is 30.8. The average Bonchev–Trinajstić information content (AvgIpc) is 3.11. The van der Waals surface area contributed by atoms with Crippen molar-refractivity contribution in [2.24, 2.45) is 11.8 Å². The number of hydrogen-bond acceptors (Lipinski definition) is 5. The van der Waals surface area contributed by atoms with Gasteiger partial charge in [0, 0.05) is 24.7 Å². The van der Waals surface area contributed by atoms with Gasteiger partial charge in [-0.2, -0.15) is 0 Å². The summed E-state index contributed by atoms with van der Waals surface area (Å²) in [6.45, 7) is 29.4. The Hall–Kier alpha value is -1.03. The van der Waals surface area contributed by atoms with Gasteiger partial charge in [-0.3, -0.25) is 9.59 Å². The van der Waals surface area contributed by atoms with E-state index in [1.54, 1.807) is 0 Å². The quantitative estimate of drug-likeness (QED) is 0.0712. The van der Waals surface area contributed by atoms with Gasteiger partial charge >= 0.3 is 5.97 Å². The van der Waals surface area contributed by atoms with Crippen molar-refractivity contribution in [3.05, 3.63) is 24.3 Å². The maximum atomic E-state index is 13.5. The Kier molecular flexibility index (Phi) is 15.0. The highest BCUT2D eigenvalue weighted by atomic mass is 28.4. The lowest BCUT2D eigenvalue weighted by molar-refractivity contribution is -0.140. The van der Waals surface area contributed by atoms with Gasteiger partial charge in [0.2, 0.25) is 0 Å². The van der Waals surface area contributed by atoms with Crippen LogP contribution in [-0.4, -0.2) is 47.7 Å². The van der Waals surface area contributed by atoms with Gasteiger partial charge in [0.05, 0.1) is 19.3 Å². The molecule has 0 aromatic rings. The average molecular weight is 609 g/mol. The van der Waals surface area contributed by atoms with Crippen molar-refractivity contribution in [1.82, 2.24) is 0 Å². The highest BCUT2D eigenvalue weighted by Crippen LogP contribution is 2.44. The van der Waals surface area contributed by atoms with E-state index in [9.17, 15) is 9.59 Å². The van der Waals surface area contributed by atoms with Gasteiger partial charge < -0.3 is 13.6 Å². The van der Waals surface area contributed by atoms with Crippen LogP contribution < -0.4 is 0 Å². The van der Waals surface area contributed by atoms with Crippen LogP contribution in [0.5, 0.6) is 0 Å². The largest absolute Gasteiger partial charge is 0.469 e. The highest BCUT2D eigenvalue weighted by molar-refractivity contribution is 6.74. The van der Waals surface area contributed by atoms with Crippen molar-refractivity contribution < 1.29 is 23.2 Å². The molecule has 1 saturated carbocycles. The van der Waals surface area contributed by atoms with Crippen LogP contribution in [0, 0.1) is 11.8 Å². The maximum Gasteiger partial charge on any atom is 0.305 e. The second-order valence-electron chi connectivity index (χ2n) is 15.3. The molecule has 1 fully saturated rings. The van der Waals surface area contributed by atoms with Crippen LogP contribution >= 0.6 is 0 Å². The summed E-state index contributed by atoms with van der Waals surface area (Å²) < 4.78 is 18.6. The predicted molar refractivity (Wildman–Crippen MR) is 178 cm³/mol. The molecule has 1 aliphatic rings. The molecule has 7 heteroatoms. The molecule has 0 aliphatic heterocycles. The van der Waals surface area contributed by atoms with Crippen molar-refractivity contribution in [1.29, 1.82) is 0 Å². The minimum Gasteiger partial charge on any atom is -0.469 e. The molecule has 0 heterocycles. The second-order valence-corrected chi connectivity index (χ2v) is 24.8. The lowest BCUT2D eigenvalue weighted by Gasteiger charge is -2.40. The summed E-state index contributed by atoms with van der Waals surface area (Å²) >= 11 is 0. The molecule has 0 amide bonds. The van der Waals surface area contributed by atoms with Crippen molar-refractivity contribution in [3.8, 4) is 0 Å². The van der Waals surface area contributed by atoms with Crippen LogP contribution in [0.25, 0.3) is 0 Å². The lowest BCUT2D eigenvalue weighted by atomic mass is 9.86. The number of carbonyl (C=O) groups is 2. The van der Waals surface area contributed by atoms with E-state index in [-0.39, 0.29) is 45.9 Å². The molecular formula is C34H64O5Si2. The Labute approximate surface area is 255 Å². The van der Waals surface area contributed by atoms with E-state index < -0.39 is 16.6 Å². The third kappa shape index (κ3) is 12.2. The number of rotatable bonds is 17. The molecule has 0 N–H and O–H groups in total. The summed E-state index contributed by atoms with van der Waals surface area (Å²) in [6, 6.07) is 0. The van der Waals surface area contributed by atoms with Crippen molar-refractivity contribution >= 4 is 28.4 Å². The van der Waals surface area contributed by atoms with E-state index in [1.807, 2.05) is 0 Å². The first-order valence-corrected chi connectivity index (χ1v) is 21.9. The van der Waals surface area contributed by atoms with Crippen LogP contribution in [0.3, 0.4) is 0 Å². The summed E-state index contributed by atoms with van der Waals surface area (Å²) in [5, 5.41) is 0.203. The molecule has 0 bridgehead atoms. The molecule has 5 nitrogen and oxygen atoms in total. The Morgan fingerprint density at radius 3 is 2.10 bits per heavy atom. The molecule has 1 rings (SSSR count). The molecule has 0 aromatic carbocycles. The smallest absolute Gasteiger partial charge is 0.305 e. The molecule has 0 radical (unpaired) electrons. The lowest BCUT2D eigenvalue weighted by Crippen LogP contribution is -2.45. The van der Waals surface area contributed by atoms with Crippen LogP contribution in [0.2, 0.25) is 36.3 Å². The molecule has 1 aliphatic carbocycles. The number of carbonyl (C=O) groups excluding carboxylic acids is 2. The van der Waals surface area contributed by atoms with Gasteiger partial charge in [-0.05, 0) is 68.4 Å². The van der Waals surface area contributed by atoms with Gasteiger partial charge in [0.1, 0.15) is 5.78 Å². The zero-order valence-electron chi connectivity index (χ0n) is 28.8. The Morgan fingerprint density at radius 2 is 1.56 bits per heavy atom. The molecule has 0 aromatic heterocycles. The summed E-state index contributed by atoms with van der Waals surface area (Å²) in [5.41, 5.74) is 1.08. The number of unbranched alkanes of at least 4 members (excludes halogenated alkanes) is 3. The van der Waals surface area contributed by atoms with E-state index in [0.717, 1.165) is 37.7 Å². The molecule has 1 unspecified atom stereocenters. The minimum atomic E-state index is -2.07. The molecule has 4 atom stereocenters. The van der Waals surface area contributed by atoms with E-state index >= 15 is 0 Å². The number of ketones is 1. The van der Waals surface area contributed by atoms with Crippen molar-refractivity contribution in [3.63, 3.8) is 0 Å². The van der Waals surface area contributed by atoms with Crippen LogP contribution in [0.1, 0.15) is 113 Å². The third-order valence-electron chi connectivity index (χ3n) is 9.75. The topological polar surface area (TPSA) is 61.8 Å². The Morgan fingerprint density at radius 1 is 0.976 bits per heavy atom. The number of allylic oxidation sites excluding steroid dienone is 1. The first-order chi connectivity index (χ1) is 18.8. The molecule has 0 spiro atoms. The van der Waals surface area contributed by atoms with Crippen LogP contribution in [0.4, 0.5) is 0 Å². The Balaban J connectivity index is 3.23. The van der Waals surface area contributed by atoms with Crippen LogP contribution in [0.15, 0.2) is 24.3 Å². The monoisotopic (exact) mass is 608 g/mol. The second kappa shape index (κ2) is 16.2. The molecule has 238 valence electrons. The van der Waals surface area contributed by atoms with Gasteiger partial charge in [-0.25, -0.2) is 0 Å². The van der Waals surface area contributed by atoms with Gasteiger partial charge in [-0.1, -0.05) is 92.0 Å². The fourth-order valence-corrected chi connectivity index (χ4v) is 7.56. The predicted octanol–water partition coefficient (Wildman–Crippen LogP) is 9.79. The van der Waals surface area contributed by atoms with Gasteiger partial charge in [-0.15, -0.1) is 0 Å². The number of Topliss-reactive ketones (excluding diaryl/α,β-unsaturated/α-hetero) is 1. The van der Waals surface area contributed by atoms with E-state index in [0.29, 0.717) is 19.3 Å². The number of hydrogen-bond donors (Lipinski definition) is 0. The van der Waals surface area contributed by atoms with Crippen LogP contribution in [-0.2, 0) is 23.2 Å².